The average molecular weight is 684 g/mol. The van der Waals surface area contributed by atoms with E-state index in [0.29, 0.717) is 81.8 Å². The van der Waals surface area contributed by atoms with Crippen molar-refractivity contribution in [1.82, 2.24) is 25.0 Å². The molecule has 1 saturated heterocycles. The monoisotopic (exact) mass is 683 g/mol. The molecular weight excluding hydrogens is 638 g/mol. The number of furan rings is 1. The summed E-state index contributed by atoms with van der Waals surface area (Å²) in [6.45, 7) is 2.04. The lowest BCUT2D eigenvalue weighted by molar-refractivity contribution is -0.138. The summed E-state index contributed by atoms with van der Waals surface area (Å²) in [5, 5.41) is 7.01. The Morgan fingerprint density at radius 3 is 2.62 bits per heavy atom. The highest BCUT2D eigenvalue weighted by Gasteiger charge is 2.41. The molecule has 12 heteroatoms. The van der Waals surface area contributed by atoms with Gasteiger partial charge in [-0.05, 0) is 61.1 Å². The molecule has 3 aliphatic heterocycles. The third-order valence-electron chi connectivity index (χ3n) is 9.51. The van der Waals surface area contributed by atoms with Crippen molar-refractivity contribution in [2.75, 3.05) is 39.8 Å². The maximum absolute atomic E-state index is 13.9. The Kier molecular flexibility index (Phi) is 11.0. The first-order valence-electron chi connectivity index (χ1n) is 17.3. The van der Waals surface area contributed by atoms with E-state index in [2.05, 4.69) is 10.6 Å². The van der Waals surface area contributed by atoms with Crippen molar-refractivity contribution in [1.29, 1.82) is 0 Å². The van der Waals surface area contributed by atoms with Crippen LogP contribution in [0.25, 0.3) is 10.9 Å². The van der Waals surface area contributed by atoms with E-state index in [1.807, 2.05) is 60.3 Å². The fourth-order valence-electron chi connectivity index (χ4n) is 6.87. The zero-order valence-electron chi connectivity index (χ0n) is 28.7. The van der Waals surface area contributed by atoms with Crippen LogP contribution in [0.4, 0.5) is 0 Å². The van der Waals surface area contributed by atoms with Crippen molar-refractivity contribution in [2.24, 2.45) is 7.05 Å². The molecule has 0 saturated carbocycles. The van der Waals surface area contributed by atoms with Crippen LogP contribution in [0.2, 0.25) is 0 Å². The van der Waals surface area contributed by atoms with Crippen LogP contribution in [0.1, 0.15) is 53.6 Å². The second-order valence-electron chi connectivity index (χ2n) is 13.0. The van der Waals surface area contributed by atoms with Crippen LogP contribution in [0.3, 0.4) is 0 Å². The maximum Gasteiger partial charge on any atom is 0.257 e. The van der Waals surface area contributed by atoms with Crippen molar-refractivity contribution >= 4 is 34.5 Å². The van der Waals surface area contributed by atoms with E-state index in [9.17, 15) is 19.2 Å². The summed E-state index contributed by atoms with van der Waals surface area (Å²) < 4.78 is 19.2. The Hall–Kier alpha value is -5.26. The zero-order chi connectivity index (χ0) is 35.0. The average Bonchev–Trinajstić information content (AvgIpc) is 3.88. The first kappa shape index (κ1) is 34.6. The van der Waals surface area contributed by atoms with Gasteiger partial charge in [-0.1, -0.05) is 24.3 Å². The number of rotatable bonds is 4. The minimum Gasteiger partial charge on any atom is -0.493 e. The summed E-state index contributed by atoms with van der Waals surface area (Å²) in [5.41, 5.74) is 3.33. The minimum atomic E-state index is -0.705. The smallest absolute Gasteiger partial charge is 0.257 e. The molecule has 4 aromatic rings. The molecule has 7 rings (SSSR count). The van der Waals surface area contributed by atoms with E-state index < -0.39 is 12.1 Å². The van der Waals surface area contributed by atoms with Crippen LogP contribution in [0, 0.1) is 0 Å². The zero-order valence-corrected chi connectivity index (χ0v) is 28.7. The number of hydrogen-bond acceptors (Lipinski definition) is 7. The normalized spacial score (nSPS) is 19.6. The topological polar surface area (TPSA) is 135 Å². The molecule has 2 N–H and O–H groups in total. The molecule has 1 fully saturated rings. The fraction of sp³-hybridized carbons (Fsp3) is 0.421. The molecule has 50 heavy (non-hydrogen) atoms. The predicted molar refractivity (Wildman–Crippen MR) is 187 cm³/mol. The number of benzene rings is 2. The van der Waals surface area contributed by atoms with Gasteiger partial charge >= 0.3 is 0 Å². The Labute approximate surface area is 291 Å². The third kappa shape index (κ3) is 8.12. The van der Waals surface area contributed by atoms with E-state index in [4.69, 9.17) is 13.9 Å². The fourth-order valence-corrected chi connectivity index (χ4v) is 6.87. The predicted octanol–water partition coefficient (Wildman–Crippen LogP) is 3.86. The number of para-hydroxylation sites is 1. The van der Waals surface area contributed by atoms with Crippen molar-refractivity contribution in [3.63, 3.8) is 0 Å². The SMILES string of the molecule is COc1cc2ccc1O[C@H]1C[C@@H](C(=O)NCCCCN(C(=O)c3ccoc3)CCCNC(=O)CC2)N(C(=O)Cc2cn(C)c3ccccc23)C1. The highest BCUT2D eigenvalue weighted by atomic mass is 16.5. The van der Waals surface area contributed by atoms with Gasteiger partial charge in [-0.25, -0.2) is 0 Å². The number of nitrogens with zero attached hydrogens (tertiary/aromatic N) is 3. The number of carbonyl (C=O) groups is 4. The summed E-state index contributed by atoms with van der Waals surface area (Å²) in [6, 6.07) is 14.5. The molecule has 0 spiro atoms. The summed E-state index contributed by atoms with van der Waals surface area (Å²) in [7, 11) is 3.52. The molecule has 2 aromatic heterocycles. The Balaban J connectivity index is 1.20. The maximum atomic E-state index is 13.9. The van der Waals surface area contributed by atoms with Gasteiger partial charge in [-0.15, -0.1) is 0 Å². The van der Waals surface area contributed by atoms with E-state index in [1.165, 1.54) is 12.5 Å². The second-order valence-corrected chi connectivity index (χ2v) is 13.0. The molecule has 2 atom stereocenters. The van der Waals surface area contributed by atoms with Crippen LogP contribution >= 0.6 is 0 Å². The van der Waals surface area contributed by atoms with E-state index >= 15 is 0 Å². The number of fused-ring (bicyclic) bond motifs is 16. The van der Waals surface area contributed by atoms with Crippen LogP contribution < -0.4 is 20.1 Å². The molecule has 0 radical (unpaired) electrons. The minimum absolute atomic E-state index is 0.0693. The highest BCUT2D eigenvalue weighted by molar-refractivity contribution is 5.94. The Morgan fingerprint density at radius 2 is 1.80 bits per heavy atom. The molecule has 0 unspecified atom stereocenters. The molecule has 0 aliphatic carbocycles. The second kappa shape index (κ2) is 16.0. The molecule has 264 valence electrons. The number of hydrogen-bond donors (Lipinski definition) is 2. The summed E-state index contributed by atoms with van der Waals surface area (Å²) in [5.74, 6) is 0.457. The van der Waals surface area contributed by atoms with Crippen molar-refractivity contribution in [2.45, 2.75) is 57.1 Å². The van der Waals surface area contributed by atoms with Gasteiger partial charge in [-0.2, -0.15) is 0 Å². The van der Waals surface area contributed by atoms with Crippen LogP contribution in [-0.4, -0.2) is 90.0 Å². The van der Waals surface area contributed by atoms with Gasteiger partial charge in [-0.3, -0.25) is 19.2 Å². The molecule has 12 nitrogen and oxygen atoms in total. The number of methoxy groups -OCH3 is 1. The molecule has 4 amide bonds. The quantitative estimate of drug-likeness (QED) is 0.334. The van der Waals surface area contributed by atoms with Crippen LogP contribution in [-0.2, 0) is 34.3 Å². The van der Waals surface area contributed by atoms with Gasteiger partial charge in [0.15, 0.2) is 11.5 Å². The largest absolute Gasteiger partial charge is 0.493 e. The standard InChI is InChI=1S/C38H45N5O7/c1-41-23-28(30-8-3-4-9-31(30)41)21-36(45)43-24-29-22-32(43)37(46)40-15-5-6-17-42(38(47)27-14-19-49-25-27)18-7-16-39-35(44)13-11-26-10-12-33(50-29)34(20-26)48-2/h3-4,8-10,12,14,19-20,23,25,29,32H,5-7,11,13,15-18,21-22,24H2,1-2H3,(H,39,44)(H,40,46)/t29-,32-/m0/s1. The number of nitrogens with one attached hydrogen (secondary N) is 2. The third-order valence-corrected chi connectivity index (χ3v) is 9.51. The number of ether oxygens (including phenoxy) is 2. The lowest BCUT2D eigenvalue weighted by Crippen LogP contribution is -2.46. The summed E-state index contributed by atoms with van der Waals surface area (Å²) in [6.07, 6.45) is 7.62. The number of carbonyl (C=O) groups excluding carboxylic acids is 4. The number of aryl methyl sites for hydroxylation is 2. The van der Waals surface area contributed by atoms with Crippen LogP contribution in [0.15, 0.2) is 71.7 Å². The van der Waals surface area contributed by atoms with Gasteiger partial charge in [0.2, 0.25) is 17.7 Å². The molecule has 4 bridgehead atoms. The lowest BCUT2D eigenvalue weighted by atomic mass is 10.1. The van der Waals surface area contributed by atoms with Gasteiger partial charge in [0, 0.05) is 63.2 Å². The summed E-state index contributed by atoms with van der Waals surface area (Å²) in [4.78, 5) is 56.9. The van der Waals surface area contributed by atoms with Gasteiger partial charge in [0.05, 0.1) is 31.9 Å². The van der Waals surface area contributed by atoms with Gasteiger partial charge in [0.1, 0.15) is 18.4 Å². The van der Waals surface area contributed by atoms with E-state index in [-0.39, 0.29) is 36.6 Å². The first-order valence-corrected chi connectivity index (χ1v) is 17.3. The number of likely N-dealkylation sites (tertiary alicyclic amines) is 1. The molecule has 2 aromatic carbocycles. The van der Waals surface area contributed by atoms with Gasteiger partial charge < -0.3 is 38.9 Å². The van der Waals surface area contributed by atoms with E-state index in [1.54, 1.807) is 23.0 Å². The Morgan fingerprint density at radius 1 is 0.980 bits per heavy atom. The number of amides is 4. The Bertz CT molecular complexity index is 1820. The summed E-state index contributed by atoms with van der Waals surface area (Å²) >= 11 is 0. The lowest BCUT2D eigenvalue weighted by Gasteiger charge is -2.24. The number of aromatic nitrogens is 1. The molecule has 5 heterocycles. The van der Waals surface area contributed by atoms with Crippen molar-refractivity contribution < 1.29 is 33.1 Å². The van der Waals surface area contributed by atoms with Crippen molar-refractivity contribution in [3.05, 3.63) is 83.9 Å². The highest BCUT2D eigenvalue weighted by Crippen LogP contribution is 2.33. The van der Waals surface area contributed by atoms with Crippen LogP contribution in [0.5, 0.6) is 11.5 Å². The first-order chi connectivity index (χ1) is 24.3. The molecule has 3 aliphatic rings. The van der Waals surface area contributed by atoms with E-state index in [0.717, 1.165) is 22.0 Å². The molecular formula is C38H45N5O7. The van der Waals surface area contributed by atoms with Gasteiger partial charge in [0.25, 0.3) is 5.91 Å². The van der Waals surface area contributed by atoms with Crippen molar-refractivity contribution in [3.8, 4) is 11.5 Å².